The molecule has 0 amide bonds. The Balaban J connectivity index is 2.75. The first-order chi connectivity index (χ1) is 8.67. The first kappa shape index (κ1) is 16.4. The average Bonchev–Trinajstić information content (AvgIpc) is 2.29. The number of carboxylic acids is 1. The van der Waals surface area contributed by atoms with E-state index in [-0.39, 0.29) is 5.75 Å². The summed E-state index contributed by atoms with van der Waals surface area (Å²) < 4.78 is 26.6. The second kappa shape index (κ2) is 6.22. The predicted molar refractivity (Wildman–Crippen MR) is 74.4 cm³/mol. The summed E-state index contributed by atoms with van der Waals surface area (Å²) in [5.41, 5.74) is -0.983. The summed E-state index contributed by atoms with van der Waals surface area (Å²) in [6.07, 6.45) is 3.43. The molecule has 0 radical (unpaired) electrons. The standard InChI is InChI=1S/C13H25NO4S/c1-10(2)7-9-19(17,18)14-11-6-4-5-8-13(11,3)12(15)16/h10-11,14H,4-9H2,1-3H3,(H,15,16). The van der Waals surface area contributed by atoms with Crippen LogP contribution in [0.3, 0.4) is 0 Å². The highest BCUT2D eigenvalue weighted by Gasteiger charge is 2.44. The molecule has 1 aliphatic rings. The molecule has 1 fully saturated rings. The lowest BCUT2D eigenvalue weighted by atomic mass is 9.72. The van der Waals surface area contributed by atoms with Crippen molar-refractivity contribution in [1.82, 2.24) is 4.72 Å². The van der Waals surface area contributed by atoms with Crippen LogP contribution in [-0.2, 0) is 14.8 Å². The zero-order chi connectivity index (χ0) is 14.7. The molecule has 2 atom stereocenters. The summed E-state index contributed by atoms with van der Waals surface area (Å²) in [6, 6.07) is -0.490. The Hall–Kier alpha value is -0.620. The van der Waals surface area contributed by atoms with Crippen LogP contribution in [0.4, 0.5) is 0 Å². The number of rotatable bonds is 6. The smallest absolute Gasteiger partial charge is 0.310 e. The van der Waals surface area contributed by atoms with Gasteiger partial charge in [0, 0.05) is 6.04 Å². The average molecular weight is 291 g/mol. The van der Waals surface area contributed by atoms with Gasteiger partial charge < -0.3 is 5.11 Å². The summed E-state index contributed by atoms with van der Waals surface area (Å²) in [6.45, 7) is 5.58. The van der Waals surface area contributed by atoms with E-state index in [1.165, 1.54) is 0 Å². The third-order valence-electron chi connectivity index (χ3n) is 3.98. The van der Waals surface area contributed by atoms with Crippen molar-refractivity contribution in [3.8, 4) is 0 Å². The zero-order valence-electron chi connectivity index (χ0n) is 12.0. The molecule has 0 bridgehead atoms. The van der Waals surface area contributed by atoms with Crippen LogP contribution in [0.2, 0.25) is 0 Å². The maximum absolute atomic E-state index is 12.0. The Kier molecular flexibility index (Phi) is 5.38. The second-order valence-corrected chi connectivity index (χ2v) is 8.01. The molecule has 2 N–H and O–H groups in total. The van der Waals surface area contributed by atoms with Crippen LogP contribution in [0.1, 0.15) is 52.9 Å². The van der Waals surface area contributed by atoms with Crippen molar-refractivity contribution in [1.29, 1.82) is 0 Å². The highest BCUT2D eigenvalue weighted by Crippen LogP contribution is 2.36. The van der Waals surface area contributed by atoms with Crippen molar-refractivity contribution in [2.75, 3.05) is 5.75 Å². The quantitative estimate of drug-likeness (QED) is 0.784. The highest BCUT2D eigenvalue weighted by molar-refractivity contribution is 7.89. The van der Waals surface area contributed by atoms with E-state index in [0.29, 0.717) is 25.2 Å². The van der Waals surface area contributed by atoms with Crippen LogP contribution in [0.25, 0.3) is 0 Å². The summed E-state index contributed by atoms with van der Waals surface area (Å²) in [5.74, 6) is -0.533. The van der Waals surface area contributed by atoms with Gasteiger partial charge in [-0.1, -0.05) is 26.7 Å². The van der Waals surface area contributed by atoms with Gasteiger partial charge in [0.2, 0.25) is 10.0 Å². The minimum Gasteiger partial charge on any atom is -0.481 e. The van der Waals surface area contributed by atoms with E-state index in [9.17, 15) is 18.3 Å². The molecule has 1 rings (SSSR count). The molecule has 1 aliphatic carbocycles. The number of aliphatic carboxylic acids is 1. The van der Waals surface area contributed by atoms with E-state index in [1.54, 1.807) is 6.92 Å². The number of hydrogen-bond donors (Lipinski definition) is 2. The van der Waals surface area contributed by atoms with Gasteiger partial charge in [-0.25, -0.2) is 13.1 Å². The van der Waals surface area contributed by atoms with Crippen LogP contribution in [0.5, 0.6) is 0 Å². The Morgan fingerprint density at radius 2 is 2.05 bits per heavy atom. The lowest BCUT2D eigenvalue weighted by molar-refractivity contribution is -0.151. The first-order valence-electron chi connectivity index (χ1n) is 6.91. The van der Waals surface area contributed by atoms with Crippen molar-refractivity contribution in [3.05, 3.63) is 0 Å². The highest BCUT2D eigenvalue weighted by atomic mass is 32.2. The van der Waals surface area contributed by atoms with Crippen LogP contribution >= 0.6 is 0 Å². The number of sulfonamides is 1. The summed E-state index contributed by atoms with van der Waals surface area (Å²) in [5, 5.41) is 9.35. The molecular weight excluding hydrogens is 266 g/mol. The molecule has 112 valence electrons. The number of carbonyl (C=O) groups is 1. The maximum Gasteiger partial charge on any atom is 0.310 e. The largest absolute Gasteiger partial charge is 0.481 e. The van der Waals surface area contributed by atoms with Crippen LogP contribution in [0.15, 0.2) is 0 Å². The summed E-state index contributed by atoms with van der Waals surface area (Å²) >= 11 is 0. The summed E-state index contributed by atoms with van der Waals surface area (Å²) in [4.78, 5) is 11.4. The normalized spacial score (nSPS) is 28.5. The first-order valence-corrected chi connectivity index (χ1v) is 8.56. The van der Waals surface area contributed by atoms with Gasteiger partial charge in [-0.05, 0) is 32.1 Å². The Morgan fingerprint density at radius 3 is 2.58 bits per heavy atom. The SMILES string of the molecule is CC(C)CCS(=O)(=O)NC1CCCCC1(C)C(=O)O. The van der Waals surface area contributed by atoms with E-state index >= 15 is 0 Å². The number of nitrogens with one attached hydrogen (secondary N) is 1. The number of carboxylic acid groups (broad SMARTS) is 1. The molecule has 6 heteroatoms. The molecular formula is C13H25NO4S. The minimum atomic E-state index is -3.39. The summed E-state index contributed by atoms with van der Waals surface area (Å²) in [7, 11) is -3.39. The molecule has 2 unspecified atom stereocenters. The van der Waals surface area contributed by atoms with Crippen LogP contribution < -0.4 is 4.72 Å². The molecule has 0 aromatic carbocycles. The van der Waals surface area contributed by atoms with Gasteiger partial charge in [0.05, 0.1) is 11.2 Å². The van der Waals surface area contributed by atoms with Crippen molar-refractivity contribution in [3.63, 3.8) is 0 Å². The molecule has 0 heterocycles. The molecule has 0 aromatic rings. The van der Waals surface area contributed by atoms with Gasteiger partial charge in [0.15, 0.2) is 0 Å². The zero-order valence-corrected chi connectivity index (χ0v) is 12.8. The van der Waals surface area contributed by atoms with Crippen molar-refractivity contribution in [2.45, 2.75) is 58.9 Å². The van der Waals surface area contributed by atoms with Gasteiger partial charge >= 0.3 is 5.97 Å². The Bertz CT molecular complexity index is 418. The molecule has 1 saturated carbocycles. The van der Waals surface area contributed by atoms with Gasteiger partial charge in [-0.2, -0.15) is 0 Å². The fourth-order valence-electron chi connectivity index (χ4n) is 2.44. The van der Waals surface area contributed by atoms with Gasteiger partial charge in [0.25, 0.3) is 0 Å². The third kappa shape index (κ3) is 4.45. The van der Waals surface area contributed by atoms with E-state index in [1.807, 2.05) is 13.8 Å². The van der Waals surface area contributed by atoms with Crippen molar-refractivity contribution < 1.29 is 18.3 Å². The Morgan fingerprint density at radius 1 is 1.42 bits per heavy atom. The van der Waals surface area contributed by atoms with E-state index in [2.05, 4.69) is 4.72 Å². The lowest BCUT2D eigenvalue weighted by Gasteiger charge is -2.38. The molecule has 0 spiro atoms. The molecule has 0 aliphatic heterocycles. The fraction of sp³-hybridized carbons (Fsp3) is 0.923. The molecule has 19 heavy (non-hydrogen) atoms. The van der Waals surface area contributed by atoms with Crippen LogP contribution in [-0.4, -0.2) is 31.3 Å². The van der Waals surface area contributed by atoms with Gasteiger partial charge in [-0.3, -0.25) is 4.79 Å². The van der Waals surface area contributed by atoms with Crippen LogP contribution in [0, 0.1) is 11.3 Å². The second-order valence-electron chi connectivity index (χ2n) is 6.14. The van der Waals surface area contributed by atoms with E-state index in [0.717, 1.165) is 12.8 Å². The van der Waals surface area contributed by atoms with Crippen molar-refractivity contribution >= 4 is 16.0 Å². The monoisotopic (exact) mass is 291 g/mol. The number of hydrogen-bond acceptors (Lipinski definition) is 3. The fourth-order valence-corrected chi connectivity index (χ4v) is 4.16. The predicted octanol–water partition coefficient (Wildman–Crippen LogP) is 1.99. The van der Waals surface area contributed by atoms with E-state index < -0.39 is 27.4 Å². The third-order valence-corrected chi connectivity index (χ3v) is 5.40. The Labute approximate surface area is 115 Å². The maximum atomic E-state index is 12.0. The molecule has 5 nitrogen and oxygen atoms in total. The molecule has 0 aromatic heterocycles. The van der Waals surface area contributed by atoms with Gasteiger partial charge in [-0.15, -0.1) is 0 Å². The van der Waals surface area contributed by atoms with E-state index in [4.69, 9.17) is 0 Å². The lowest BCUT2D eigenvalue weighted by Crippen LogP contribution is -2.52. The molecule has 0 saturated heterocycles. The van der Waals surface area contributed by atoms with Gasteiger partial charge in [0.1, 0.15) is 0 Å². The topological polar surface area (TPSA) is 83.5 Å². The minimum absolute atomic E-state index is 0.0663. The van der Waals surface area contributed by atoms with Crippen molar-refractivity contribution in [2.24, 2.45) is 11.3 Å².